The minimum Gasteiger partial charge on any atom is -0.323 e. The molecule has 0 aliphatic rings. The summed E-state index contributed by atoms with van der Waals surface area (Å²) in [6.07, 6.45) is 2.75. The van der Waals surface area contributed by atoms with Crippen molar-refractivity contribution in [3.63, 3.8) is 0 Å². The average Bonchev–Trinajstić information content (AvgIpc) is 2.76. The maximum absolute atomic E-state index is 6.18. The van der Waals surface area contributed by atoms with E-state index in [2.05, 4.69) is 37.0 Å². The summed E-state index contributed by atoms with van der Waals surface area (Å²) >= 11 is 1.63. The minimum atomic E-state index is 0.0623. The summed E-state index contributed by atoms with van der Waals surface area (Å²) in [5.41, 5.74) is 12.0. The fourth-order valence-electron chi connectivity index (χ4n) is 1.90. The summed E-state index contributed by atoms with van der Waals surface area (Å²) in [6.45, 7) is 4.28. The second-order valence-corrected chi connectivity index (χ2v) is 5.00. The summed E-state index contributed by atoms with van der Waals surface area (Å²) in [4.78, 5) is 5.22. The molecular weight excluding hydrogens is 216 g/mol. The van der Waals surface area contributed by atoms with E-state index in [1.807, 2.05) is 11.7 Å². The Kier molecular flexibility index (Phi) is 3.36. The Morgan fingerprint density at radius 3 is 2.56 bits per heavy atom. The average molecular weight is 232 g/mol. The van der Waals surface area contributed by atoms with E-state index in [0.717, 1.165) is 11.3 Å². The molecule has 0 fully saturated rings. The monoisotopic (exact) mass is 232 g/mol. The highest BCUT2D eigenvalue weighted by Gasteiger charge is 2.11. The molecule has 2 aromatic rings. The Balaban J connectivity index is 2.21. The molecule has 2 rings (SSSR count). The summed E-state index contributed by atoms with van der Waals surface area (Å²) in [5, 5.41) is 0. The van der Waals surface area contributed by atoms with Crippen LogP contribution in [0.5, 0.6) is 0 Å². The molecular formula is C13H16N2S. The van der Waals surface area contributed by atoms with Gasteiger partial charge in [0.05, 0.1) is 5.51 Å². The number of hydrogen-bond donors (Lipinski definition) is 1. The first-order valence-corrected chi connectivity index (χ1v) is 6.25. The van der Waals surface area contributed by atoms with Gasteiger partial charge in [-0.2, -0.15) is 0 Å². The standard InChI is InChI=1S/C13H16N2S/c1-9-4-3-5-10(2)11(9)6-12(14)13-7-15-8-16-13/h3-5,7-8,12H,6,14H2,1-2H3. The fourth-order valence-corrected chi connectivity index (χ4v) is 2.52. The molecule has 0 spiro atoms. The smallest absolute Gasteiger partial charge is 0.0794 e. The van der Waals surface area contributed by atoms with Gasteiger partial charge in [0.25, 0.3) is 0 Å². The van der Waals surface area contributed by atoms with Crippen LogP contribution in [0, 0.1) is 13.8 Å². The number of aromatic nitrogens is 1. The molecule has 0 amide bonds. The number of thiazole rings is 1. The van der Waals surface area contributed by atoms with E-state index in [4.69, 9.17) is 5.73 Å². The number of nitrogens with two attached hydrogens (primary N) is 1. The predicted octanol–water partition coefficient (Wildman–Crippen LogP) is 3.00. The maximum atomic E-state index is 6.18. The van der Waals surface area contributed by atoms with Crippen molar-refractivity contribution in [3.8, 4) is 0 Å². The van der Waals surface area contributed by atoms with Gasteiger partial charge in [0.2, 0.25) is 0 Å². The number of nitrogens with zero attached hydrogens (tertiary/aromatic N) is 1. The first kappa shape index (κ1) is 11.3. The van der Waals surface area contributed by atoms with E-state index in [1.54, 1.807) is 11.3 Å². The van der Waals surface area contributed by atoms with Crippen LogP contribution in [0.15, 0.2) is 29.9 Å². The summed E-state index contributed by atoms with van der Waals surface area (Å²) in [5.74, 6) is 0. The molecule has 0 bridgehead atoms. The van der Waals surface area contributed by atoms with Crippen LogP contribution in [-0.2, 0) is 6.42 Å². The van der Waals surface area contributed by atoms with Gasteiger partial charge in [-0.25, -0.2) is 0 Å². The lowest BCUT2D eigenvalue weighted by molar-refractivity contribution is 0.727. The second kappa shape index (κ2) is 4.76. The summed E-state index contributed by atoms with van der Waals surface area (Å²) in [6, 6.07) is 6.43. The molecule has 0 radical (unpaired) electrons. The molecule has 0 aliphatic carbocycles. The van der Waals surface area contributed by atoms with E-state index in [1.165, 1.54) is 16.7 Å². The van der Waals surface area contributed by atoms with Crippen molar-refractivity contribution in [2.24, 2.45) is 5.73 Å². The van der Waals surface area contributed by atoms with E-state index in [0.29, 0.717) is 0 Å². The fraction of sp³-hybridized carbons (Fsp3) is 0.308. The molecule has 0 saturated heterocycles. The molecule has 1 aromatic carbocycles. The van der Waals surface area contributed by atoms with Gasteiger partial charge in [-0.15, -0.1) is 11.3 Å². The van der Waals surface area contributed by atoms with Crippen molar-refractivity contribution < 1.29 is 0 Å². The van der Waals surface area contributed by atoms with Crippen LogP contribution >= 0.6 is 11.3 Å². The molecule has 0 saturated carbocycles. The zero-order valence-corrected chi connectivity index (χ0v) is 10.4. The lowest BCUT2D eigenvalue weighted by Crippen LogP contribution is -2.13. The van der Waals surface area contributed by atoms with E-state index in [9.17, 15) is 0 Å². The van der Waals surface area contributed by atoms with E-state index in [-0.39, 0.29) is 6.04 Å². The normalized spacial score (nSPS) is 12.7. The van der Waals surface area contributed by atoms with Gasteiger partial charge in [-0.1, -0.05) is 18.2 Å². The maximum Gasteiger partial charge on any atom is 0.0794 e. The lowest BCUT2D eigenvalue weighted by atomic mass is 9.96. The van der Waals surface area contributed by atoms with Crippen molar-refractivity contribution in [1.82, 2.24) is 4.98 Å². The van der Waals surface area contributed by atoms with Gasteiger partial charge in [0.15, 0.2) is 0 Å². The zero-order chi connectivity index (χ0) is 11.5. The Hall–Kier alpha value is -1.19. The predicted molar refractivity (Wildman–Crippen MR) is 68.7 cm³/mol. The van der Waals surface area contributed by atoms with E-state index >= 15 is 0 Å². The molecule has 0 aliphatic heterocycles. The van der Waals surface area contributed by atoms with Crippen LogP contribution in [0.4, 0.5) is 0 Å². The van der Waals surface area contributed by atoms with Crippen molar-refractivity contribution in [2.75, 3.05) is 0 Å². The molecule has 1 atom stereocenters. The highest BCUT2D eigenvalue weighted by molar-refractivity contribution is 7.09. The Labute approximate surface area is 100 Å². The third-order valence-corrected chi connectivity index (χ3v) is 3.79. The van der Waals surface area contributed by atoms with Crippen molar-refractivity contribution in [2.45, 2.75) is 26.3 Å². The molecule has 16 heavy (non-hydrogen) atoms. The summed E-state index contributed by atoms with van der Waals surface area (Å²) < 4.78 is 0. The summed E-state index contributed by atoms with van der Waals surface area (Å²) in [7, 11) is 0. The number of benzene rings is 1. The SMILES string of the molecule is Cc1cccc(C)c1CC(N)c1cncs1. The second-order valence-electron chi connectivity index (χ2n) is 4.08. The highest BCUT2D eigenvalue weighted by Crippen LogP contribution is 2.23. The van der Waals surface area contributed by atoms with Crippen LogP contribution in [-0.4, -0.2) is 4.98 Å². The molecule has 84 valence electrons. The van der Waals surface area contributed by atoms with Crippen molar-refractivity contribution in [3.05, 3.63) is 51.5 Å². The third-order valence-electron chi connectivity index (χ3n) is 2.89. The topological polar surface area (TPSA) is 38.9 Å². The Morgan fingerprint density at radius 2 is 2.00 bits per heavy atom. The first-order chi connectivity index (χ1) is 7.68. The minimum absolute atomic E-state index is 0.0623. The Bertz CT molecular complexity index is 443. The highest BCUT2D eigenvalue weighted by atomic mass is 32.1. The molecule has 3 heteroatoms. The van der Waals surface area contributed by atoms with Gasteiger partial charge in [-0.05, 0) is 37.0 Å². The third kappa shape index (κ3) is 2.31. The zero-order valence-electron chi connectivity index (χ0n) is 9.60. The number of hydrogen-bond acceptors (Lipinski definition) is 3. The van der Waals surface area contributed by atoms with Crippen LogP contribution in [0.1, 0.15) is 27.6 Å². The lowest BCUT2D eigenvalue weighted by Gasteiger charge is -2.14. The van der Waals surface area contributed by atoms with Gasteiger partial charge in [0, 0.05) is 17.1 Å². The van der Waals surface area contributed by atoms with E-state index < -0.39 is 0 Å². The molecule has 1 unspecified atom stereocenters. The Morgan fingerprint density at radius 1 is 1.31 bits per heavy atom. The van der Waals surface area contributed by atoms with Crippen LogP contribution in [0.25, 0.3) is 0 Å². The van der Waals surface area contributed by atoms with Gasteiger partial charge in [-0.3, -0.25) is 4.98 Å². The molecule has 2 N–H and O–H groups in total. The largest absolute Gasteiger partial charge is 0.323 e. The van der Waals surface area contributed by atoms with Gasteiger partial charge >= 0.3 is 0 Å². The van der Waals surface area contributed by atoms with Crippen molar-refractivity contribution in [1.29, 1.82) is 0 Å². The van der Waals surface area contributed by atoms with Gasteiger partial charge < -0.3 is 5.73 Å². The van der Waals surface area contributed by atoms with Crippen LogP contribution < -0.4 is 5.73 Å². The number of rotatable bonds is 3. The molecule has 1 aromatic heterocycles. The quantitative estimate of drug-likeness (QED) is 0.883. The van der Waals surface area contributed by atoms with Crippen LogP contribution in [0.2, 0.25) is 0 Å². The van der Waals surface area contributed by atoms with Gasteiger partial charge in [0.1, 0.15) is 0 Å². The first-order valence-electron chi connectivity index (χ1n) is 5.37. The molecule has 1 heterocycles. The molecule has 2 nitrogen and oxygen atoms in total. The van der Waals surface area contributed by atoms with Crippen LogP contribution in [0.3, 0.4) is 0 Å². The number of aryl methyl sites for hydroxylation is 2. The van der Waals surface area contributed by atoms with Crippen molar-refractivity contribution >= 4 is 11.3 Å².